The maximum absolute atomic E-state index is 12.7. The van der Waals surface area contributed by atoms with Gasteiger partial charge < -0.3 is 15.4 Å². The molecule has 3 atom stereocenters. The van der Waals surface area contributed by atoms with Gasteiger partial charge in [0.1, 0.15) is 4.88 Å². The van der Waals surface area contributed by atoms with E-state index in [0.717, 1.165) is 17.1 Å². The third-order valence-electron chi connectivity index (χ3n) is 4.65. The average Bonchev–Trinajstić information content (AvgIpc) is 3.36. The van der Waals surface area contributed by atoms with Crippen LogP contribution in [-0.2, 0) is 9.53 Å². The summed E-state index contributed by atoms with van der Waals surface area (Å²) in [5.41, 5.74) is 1.10. The third-order valence-corrected chi connectivity index (χ3v) is 5.31. The number of nitrogens with one attached hydrogen (secondary N) is 2. The molecule has 0 bridgehead atoms. The summed E-state index contributed by atoms with van der Waals surface area (Å²) in [5.74, 6) is -0.146. The van der Waals surface area contributed by atoms with Crippen LogP contribution in [0.15, 0.2) is 36.5 Å². The van der Waals surface area contributed by atoms with E-state index in [9.17, 15) is 9.59 Å². The van der Waals surface area contributed by atoms with Gasteiger partial charge >= 0.3 is 0 Å². The zero-order valence-corrected chi connectivity index (χ0v) is 16.2. The lowest BCUT2D eigenvalue weighted by atomic mass is 9.94. The molecule has 2 aromatic rings. The van der Waals surface area contributed by atoms with Gasteiger partial charge in [0.25, 0.3) is 5.91 Å². The van der Waals surface area contributed by atoms with Crippen LogP contribution >= 0.6 is 11.5 Å². The van der Waals surface area contributed by atoms with Gasteiger partial charge in [-0.25, -0.2) is 0 Å². The van der Waals surface area contributed by atoms with E-state index in [2.05, 4.69) is 34.1 Å². The summed E-state index contributed by atoms with van der Waals surface area (Å²) in [6, 6.07) is 9.95. The highest BCUT2D eigenvalue weighted by Gasteiger charge is 2.32. The highest BCUT2D eigenvalue weighted by Crippen LogP contribution is 2.25. The standard InChI is InChI=1S/C19H24N4O3S/c1-12(2)17(13-6-4-3-5-7-13)22-18(24)14-8-15(26-11-14)9-20-19(25)16-10-21-23-27-16/h3-7,10,12,14-15,17H,8-9,11H2,1-2H3,(H,20,25)(H,22,24)/t14-,15-,17?/m0/s1. The molecule has 2 amide bonds. The molecule has 7 nitrogen and oxygen atoms in total. The minimum Gasteiger partial charge on any atom is -0.376 e. The molecule has 3 rings (SSSR count). The van der Waals surface area contributed by atoms with E-state index < -0.39 is 0 Å². The molecular weight excluding hydrogens is 364 g/mol. The Morgan fingerprint density at radius 2 is 2.07 bits per heavy atom. The number of hydrogen-bond donors (Lipinski definition) is 2. The van der Waals surface area contributed by atoms with Crippen LogP contribution in [0.1, 0.15) is 41.5 Å². The fourth-order valence-electron chi connectivity index (χ4n) is 3.16. The minimum absolute atomic E-state index is 0.00182. The van der Waals surface area contributed by atoms with Crippen molar-refractivity contribution in [3.63, 3.8) is 0 Å². The van der Waals surface area contributed by atoms with Crippen LogP contribution in [0.3, 0.4) is 0 Å². The average molecular weight is 388 g/mol. The number of amides is 2. The Kier molecular flexibility index (Phi) is 6.52. The number of carbonyl (C=O) groups excluding carboxylic acids is 2. The minimum atomic E-state index is -0.217. The number of aromatic nitrogens is 2. The van der Waals surface area contributed by atoms with E-state index in [1.807, 2.05) is 30.3 Å². The van der Waals surface area contributed by atoms with Crippen molar-refractivity contribution in [2.75, 3.05) is 13.2 Å². The Balaban J connectivity index is 1.50. The Morgan fingerprint density at radius 3 is 2.74 bits per heavy atom. The highest BCUT2D eigenvalue weighted by molar-refractivity contribution is 7.07. The second-order valence-electron chi connectivity index (χ2n) is 7.02. The lowest BCUT2D eigenvalue weighted by Gasteiger charge is -2.24. The van der Waals surface area contributed by atoms with Crippen LogP contribution in [0.2, 0.25) is 0 Å². The van der Waals surface area contributed by atoms with Crippen molar-refractivity contribution in [1.29, 1.82) is 0 Å². The first-order chi connectivity index (χ1) is 13.0. The van der Waals surface area contributed by atoms with Crippen LogP contribution in [0.5, 0.6) is 0 Å². The quantitative estimate of drug-likeness (QED) is 0.758. The first-order valence-electron chi connectivity index (χ1n) is 9.07. The largest absolute Gasteiger partial charge is 0.376 e. The number of rotatable bonds is 7. The van der Waals surface area contributed by atoms with Crippen molar-refractivity contribution in [3.8, 4) is 0 Å². The molecule has 0 radical (unpaired) electrons. The van der Waals surface area contributed by atoms with Crippen molar-refractivity contribution in [3.05, 3.63) is 47.0 Å². The van der Waals surface area contributed by atoms with E-state index in [0.29, 0.717) is 24.4 Å². The second-order valence-corrected chi connectivity index (χ2v) is 7.81. The summed E-state index contributed by atoms with van der Waals surface area (Å²) in [5, 5.41) is 9.62. The monoisotopic (exact) mass is 388 g/mol. The summed E-state index contributed by atoms with van der Waals surface area (Å²) in [6.45, 7) is 4.92. The van der Waals surface area contributed by atoms with Crippen LogP contribution in [0.4, 0.5) is 0 Å². The molecular formula is C19H24N4O3S. The predicted molar refractivity (Wildman–Crippen MR) is 102 cm³/mol. The Morgan fingerprint density at radius 1 is 1.30 bits per heavy atom. The van der Waals surface area contributed by atoms with Crippen LogP contribution < -0.4 is 10.6 Å². The summed E-state index contributed by atoms with van der Waals surface area (Å²) in [6.07, 6.45) is 1.86. The van der Waals surface area contributed by atoms with Gasteiger partial charge in [-0.05, 0) is 29.4 Å². The van der Waals surface area contributed by atoms with Gasteiger partial charge in [0, 0.05) is 6.54 Å². The summed E-state index contributed by atoms with van der Waals surface area (Å²) in [7, 11) is 0. The summed E-state index contributed by atoms with van der Waals surface area (Å²) in [4.78, 5) is 25.1. The molecule has 1 fully saturated rings. The zero-order valence-electron chi connectivity index (χ0n) is 15.4. The van der Waals surface area contributed by atoms with Crippen molar-refractivity contribution in [2.45, 2.75) is 32.4 Å². The molecule has 2 heterocycles. The SMILES string of the molecule is CC(C)C(NC(=O)[C@@H]1CO[C@H](CNC(=O)c2cnns2)C1)c1ccccc1. The van der Waals surface area contributed by atoms with Crippen molar-refractivity contribution in [1.82, 2.24) is 20.2 Å². The number of carbonyl (C=O) groups is 2. The maximum atomic E-state index is 12.7. The molecule has 1 aliphatic heterocycles. The van der Waals surface area contributed by atoms with E-state index in [-0.39, 0.29) is 35.8 Å². The third kappa shape index (κ3) is 5.11. The van der Waals surface area contributed by atoms with Gasteiger partial charge in [0.2, 0.25) is 5.91 Å². The topological polar surface area (TPSA) is 93.2 Å². The Bertz CT molecular complexity index is 752. The van der Waals surface area contributed by atoms with Crippen molar-refractivity contribution < 1.29 is 14.3 Å². The van der Waals surface area contributed by atoms with Crippen molar-refractivity contribution >= 4 is 23.3 Å². The molecule has 27 heavy (non-hydrogen) atoms. The molecule has 0 spiro atoms. The van der Waals surface area contributed by atoms with Gasteiger partial charge in [-0.1, -0.05) is 48.7 Å². The van der Waals surface area contributed by atoms with Crippen LogP contribution in [0.25, 0.3) is 0 Å². The van der Waals surface area contributed by atoms with Gasteiger partial charge in [-0.3, -0.25) is 9.59 Å². The first-order valence-corrected chi connectivity index (χ1v) is 9.84. The maximum Gasteiger partial charge on any atom is 0.264 e. The highest BCUT2D eigenvalue weighted by atomic mass is 32.1. The lowest BCUT2D eigenvalue weighted by Crippen LogP contribution is -2.37. The molecule has 0 aliphatic carbocycles. The Labute approximate surface area is 162 Å². The van der Waals surface area contributed by atoms with Gasteiger partial charge in [-0.2, -0.15) is 0 Å². The summed E-state index contributed by atoms with van der Waals surface area (Å²) >= 11 is 1.05. The van der Waals surface area contributed by atoms with Crippen LogP contribution in [0, 0.1) is 11.8 Å². The second kappa shape index (κ2) is 9.05. The molecule has 1 aromatic carbocycles. The van der Waals surface area contributed by atoms with Gasteiger partial charge in [-0.15, -0.1) is 5.10 Å². The van der Waals surface area contributed by atoms with Crippen LogP contribution in [-0.4, -0.2) is 40.7 Å². The first kappa shape index (κ1) is 19.4. The predicted octanol–water partition coefficient (Wildman–Crippen LogP) is 2.19. The number of benzene rings is 1. The van der Waals surface area contributed by atoms with E-state index in [1.165, 1.54) is 6.20 Å². The number of nitrogens with zero attached hydrogens (tertiary/aromatic N) is 2. The van der Waals surface area contributed by atoms with E-state index in [4.69, 9.17) is 4.74 Å². The molecule has 1 unspecified atom stereocenters. The number of ether oxygens (including phenoxy) is 1. The molecule has 1 saturated heterocycles. The Hall–Kier alpha value is -2.32. The molecule has 1 aliphatic rings. The van der Waals surface area contributed by atoms with Crippen molar-refractivity contribution in [2.24, 2.45) is 11.8 Å². The van der Waals surface area contributed by atoms with E-state index >= 15 is 0 Å². The fraction of sp³-hybridized carbons (Fsp3) is 0.474. The normalized spacial score (nSPS) is 20.4. The van der Waals surface area contributed by atoms with Gasteiger partial charge in [0.15, 0.2) is 0 Å². The van der Waals surface area contributed by atoms with E-state index in [1.54, 1.807) is 0 Å². The summed E-state index contributed by atoms with van der Waals surface area (Å²) < 4.78 is 9.37. The zero-order chi connectivity index (χ0) is 19.2. The smallest absolute Gasteiger partial charge is 0.264 e. The fourth-order valence-corrected chi connectivity index (χ4v) is 3.59. The molecule has 1 aromatic heterocycles. The molecule has 8 heteroatoms. The van der Waals surface area contributed by atoms with Gasteiger partial charge in [0.05, 0.1) is 30.9 Å². The molecule has 144 valence electrons. The molecule has 2 N–H and O–H groups in total. The molecule has 0 saturated carbocycles. The lowest BCUT2D eigenvalue weighted by molar-refractivity contribution is -0.126. The number of hydrogen-bond acceptors (Lipinski definition) is 6.